The van der Waals surface area contributed by atoms with Gasteiger partial charge in [0.1, 0.15) is 5.75 Å². The maximum Gasteiger partial charge on any atom is 0.191 e. The zero-order valence-electron chi connectivity index (χ0n) is 17.6. The van der Waals surface area contributed by atoms with Gasteiger partial charge in [-0.3, -0.25) is 4.99 Å². The smallest absolute Gasteiger partial charge is 0.191 e. The molecule has 0 amide bonds. The maximum atomic E-state index is 5.85. The number of nitrogens with one attached hydrogen (secondary N) is 2. The van der Waals surface area contributed by atoms with Crippen molar-refractivity contribution in [2.75, 3.05) is 14.2 Å². The number of rotatable bonds is 9. The highest BCUT2D eigenvalue weighted by Crippen LogP contribution is 2.11. The molecule has 0 atom stereocenters. The van der Waals surface area contributed by atoms with E-state index in [0.717, 1.165) is 22.8 Å². The molecule has 2 N–H and O–H groups in total. The van der Waals surface area contributed by atoms with Crippen LogP contribution in [0.3, 0.4) is 0 Å². The van der Waals surface area contributed by atoms with Crippen molar-refractivity contribution in [3.63, 3.8) is 0 Å². The Morgan fingerprint density at radius 1 is 0.733 bits per heavy atom. The number of benzene rings is 3. The molecule has 0 saturated heterocycles. The molecule has 3 aromatic rings. The first-order valence-corrected chi connectivity index (χ1v) is 10.0. The van der Waals surface area contributed by atoms with Crippen LogP contribution in [-0.4, -0.2) is 20.1 Å². The molecule has 0 spiro atoms. The fraction of sp³-hybridized carbons (Fsp3) is 0.240. The summed E-state index contributed by atoms with van der Waals surface area (Å²) in [6.07, 6.45) is 0. The Kier molecular flexibility index (Phi) is 8.30. The van der Waals surface area contributed by atoms with Crippen molar-refractivity contribution in [3.05, 3.63) is 101 Å². The normalized spacial score (nSPS) is 11.2. The zero-order valence-corrected chi connectivity index (χ0v) is 17.6. The number of ether oxygens (including phenoxy) is 2. The first-order chi connectivity index (χ1) is 14.8. The van der Waals surface area contributed by atoms with Gasteiger partial charge in [-0.1, -0.05) is 66.7 Å². The van der Waals surface area contributed by atoms with E-state index in [9.17, 15) is 0 Å². The molecule has 156 valence electrons. The molecule has 0 aliphatic heterocycles. The van der Waals surface area contributed by atoms with Crippen LogP contribution in [-0.2, 0) is 31.0 Å². The fourth-order valence-corrected chi connectivity index (χ4v) is 3.03. The monoisotopic (exact) mass is 403 g/mol. The van der Waals surface area contributed by atoms with Gasteiger partial charge in [-0.25, -0.2) is 0 Å². The molecule has 0 heterocycles. The minimum absolute atomic E-state index is 0.590. The van der Waals surface area contributed by atoms with Crippen molar-refractivity contribution < 1.29 is 9.47 Å². The van der Waals surface area contributed by atoms with Crippen molar-refractivity contribution >= 4 is 5.96 Å². The van der Waals surface area contributed by atoms with Gasteiger partial charge in [-0.05, 0) is 34.4 Å². The van der Waals surface area contributed by atoms with Crippen LogP contribution in [0.4, 0.5) is 0 Å². The third-order valence-electron chi connectivity index (χ3n) is 4.67. The second-order valence-electron chi connectivity index (χ2n) is 6.93. The van der Waals surface area contributed by atoms with Crippen molar-refractivity contribution in [1.82, 2.24) is 10.6 Å². The Hall–Kier alpha value is -3.31. The van der Waals surface area contributed by atoms with Crippen LogP contribution in [0.25, 0.3) is 0 Å². The van der Waals surface area contributed by atoms with E-state index in [2.05, 4.69) is 52.0 Å². The van der Waals surface area contributed by atoms with E-state index in [0.29, 0.717) is 26.3 Å². The summed E-state index contributed by atoms with van der Waals surface area (Å²) in [5.74, 6) is 1.62. The Bertz CT molecular complexity index is 925. The second-order valence-corrected chi connectivity index (χ2v) is 6.93. The third kappa shape index (κ3) is 6.94. The van der Waals surface area contributed by atoms with Gasteiger partial charge >= 0.3 is 0 Å². The summed E-state index contributed by atoms with van der Waals surface area (Å²) in [6, 6.07) is 26.6. The van der Waals surface area contributed by atoms with Gasteiger partial charge in [0.2, 0.25) is 0 Å². The molecule has 5 nitrogen and oxygen atoms in total. The molecule has 0 aliphatic carbocycles. The number of hydrogen-bond acceptors (Lipinski definition) is 3. The average Bonchev–Trinajstić information content (AvgIpc) is 2.80. The topological polar surface area (TPSA) is 54.9 Å². The zero-order chi connectivity index (χ0) is 21.0. The summed E-state index contributed by atoms with van der Waals surface area (Å²) in [5.41, 5.74) is 4.69. The van der Waals surface area contributed by atoms with E-state index in [-0.39, 0.29) is 0 Å². The lowest BCUT2D eigenvalue weighted by molar-refractivity contribution is 0.107. The summed E-state index contributed by atoms with van der Waals surface area (Å²) in [4.78, 5) is 4.30. The molecule has 0 fully saturated rings. The van der Waals surface area contributed by atoms with Crippen LogP contribution in [0.1, 0.15) is 22.3 Å². The van der Waals surface area contributed by atoms with Crippen LogP contribution >= 0.6 is 0 Å². The maximum absolute atomic E-state index is 5.85. The number of aliphatic imine (C=N–C) groups is 1. The molecule has 30 heavy (non-hydrogen) atoms. The van der Waals surface area contributed by atoms with E-state index in [1.54, 1.807) is 14.2 Å². The first kappa shape index (κ1) is 21.4. The first-order valence-electron chi connectivity index (χ1n) is 10.0. The predicted molar refractivity (Wildman–Crippen MR) is 121 cm³/mol. The van der Waals surface area contributed by atoms with Crippen LogP contribution in [0, 0.1) is 0 Å². The van der Waals surface area contributed by atoms with Gasteiger partial charge in [0.25, 0.3) is 0 Å². The third-order valence-corrected chi connectivity index (χ3v) is 4.67. The van der Waals surface area contributed by atoms with Crippen molar-refractivity contribution in [2.24, 2.45) is 4.99 Å². The minimum Gasteiger partial charge on any atom is -0.497 e. The van der Waals surface area contributed by atoms with Gasteiger partial charge in [-0.2, -0.15) is 0 Å². The molecule has 3 rings (SSSR count). The Morgan fingerprint density at radius 3 is 2.07 bits per heavy atom. The standard InChI is InChI=1S/C25H29N3O2/c1-26-25(27-16-20-11-13-24(29-2)14-12-20)28-17-22-9-6-10-23(15-22)19-30-18-21-7-4-3-5-8-21/h3-15H,16-19H2,1-2H3,(H2,26,27,28). The lowest BCUT2D eigenvalue weighted by Crippen LogP contribution is -2.36. The average molecular weight is 404 g/mol. The Balaban J connectivity index is 1.44. The Morgan fingerprint density at radius 2 is 1.37 bits per heavy atom. The van der Waals surface area contributed by atoms with E-state index in [1.807, 2.05) is 42.5 Å². The molecule has 0 unspecified atom stereocenters. The second kappa shape index (κ2) is 11.6. The largest absolute Gasteiger partial charge is 0.497 e. The van der Waals surface area contributed by atoms with Crippen LogP contribution in [0.5, 0.6) is 5.75 Å². The summed E-state index contributed by atoms with van der Waals surface area (Å²) >= 11 is 0. The predicted octanol–water partition coefficient (Wildman–Crippen LogP) is 4.28. The molecular formula is C25H29N3O2. The fourth-order valence-electron chi connectivity index (χ4n) is 3.03. The number of guanidine groups is 1. The lowest BCUT2D eigenvalue weighted by Gasteiger charge is -2.13. The molecule has 0 aliphatic rings. The molecule has 0 saturated carbocycles. The Labute approximate surface area is 178 Å². The van der Waals surface area contributed by atoms with E-state index in [4.69, 9.17) is 9.47 Å². The molecule has 0 bridgehead atoms. The van der Waals surface area contributed by atoms with Crippen molar-refractivity contribution in [1.29, 1.82) is 0 Å². The summed E-state index contributed by atoms with van der Waals surface area (Å²) < 4.78 is 11.0. The van der Waals surface area contributed by atoms with Gasteiger partial charge in [0.05, 0.1) is 20.3 Å². The summed E-state index contributed by atoms with van der Waals surface area (Å²) in [7, 11) is 3.45. The molecule has 5 heteroatoms. The van der Waals surface area contributed by atoms with Gasteiger partial charge < -0.3 is 20.1 Å². The summed E-state index contributed by atoms with van der Waals surface area (Å²) in [5, 5.41) is 6.69. The quantitative estimate of drug-likeness (QED) is 0.414. The SMILES string of the molecule is CN=C(NCc1ccc(OC)cc1)NCc1cccc(COCc2ccccc2)c1. The number of methoxy groups -OCH3 is 1. The van der Waals surface area contributed by atoms with Crippen molar-refractivity contribution in [2.45, 2.75) is 26.3 Å². The molecule has 3 aromatic carbocycles. The summed E-state index contributed by atoms with van der Waals surface area (Å²) in [6.45, 7) is 2.59. The van der Waals surface area contributed by atoms with Gasteiger partial charge in [0, 0.05) is 20.1 Å². The highest BCUT2D eigenvalue weighted by molar-refractivity contribution is 5.79. The van der Waals surface area contributed by atoms with E-state index < -0.39 is 0 Å². The number of hydrogen-bond donors (Lipinski definition) is 2. The highest BCUT2D eigenvalue weighted by Gasteiger charge is 2.02. The van der Waals surface area contributed by atoms with Crippen molar-refractivity contribution in [3.8, 4) is 5.75 Å². The van der Waals surface area contributed by atoms with Crippen LogP contribution in [0.15, 0.2) is 83.9 Å². The van der Waals surface area contributed by atoms with E-state index in [1.165, 1.54) is 11.1 Å². The van der Waals surface area contributed by atoms with Crippen LogP contribution in [0.2, 0.25) is 0 Å². The lowest BCUT2D eigenvalue weighted by atomic mass is 10.1. The van der Waals surface area contributed by atoms with Gasteiger partial charge in [0.15, 0.2) is 5.96 Å². The molecule has 0 radical (unpaired) electrons. The minimum atomic E-state index is 0.590. The highest BCUT2D eigenvalue weighted by atomic mass is 16.5. The van der Waals surface area contributed by atoms with Gasteiger partial charge in [-0.15, -0.1) is 0 Å². The van der Waals surface area contributed by atoms with E-state index >= 15 is 0 Å². The molecular weight excluding hydrogens is 374 g/mol. The van der Waals surface area contributed by atoms with Crippen LogP contribution < -0.4 is 15.4 Å². The molecule has 0 aromatic heterocycles. The number of nitrogens with zero attached hydrogens (tertiary/aromatic N) is 1.